The molecule has 1 aromatic heterocycles. The SMILES string of the molecule is CCCC1CCN(Cn2c(CCSC)nc3cc(C(F)(F)F)ccc32)C1. The second kappa shape index (κ2) is 8.21. The molecule has 1 atom stereocenters. The van der Waals surface area contributed by atoms with Crippen LogP contribution < -0.4 is 0 Å². The molecule has 1 aliphatic rings. The van der Waals surface area contributed by atoms with Gasteiger partial charge in [-0.3, -0.25) is 4.90 Å². The molecule has 144 valence electrons. The summed E-state index contributed by atoms with van der Waals surface area (Å²) >= 11 is 1.73. The number of aromatic nitrogens is 2. The van der Waals surface area contributed by atoms with Gasteiger partial charge in [0.05, 0.1) is 23.3 Å². The Balaban J connectivity index is 1.88. The van der Waals surface area contributed by atoms with Crippen LogP contribution in [0.3, 0.4) is 0 Å². The molecule has 0 bridgehead atoms. The van der Waals surface area contributed by atoms with Gasteiger partial charge in [0.2, 0.25) is 0 Å². The number of hydrogen-bond acceptors (Lipinski definition) is 3. The van der Waals surface area contributed by atoms with Crippen LogP contribution >= 0.6 is 11.8 Å². The van der Waals surface area contributed by atoms with Gasteiger partial charge < -0.3 is 4.57 Å². The summed E-state index contributed by atoms with van der Waals surface area (Å²) in [6.07, 6.45) is 2.12. The lowest BCUT2D eigenvalue weighted by Gasteiger charge is -2.19. The number of nitrogens with zero attached hydrogens (tertiary/aromatic N) is 3. The van der Waals surface area contributed by atoms with Crippen molar-refractivity contribution in [3.05, 3.63) is 29.6 Å². The van der Waals surface area contributed by atoms with Crippen molar-refractivity contribution in [3.63, 3.8) is 0 Å². The summed E-state index contributed by atoms with van der Waals surface area (Å²) < 4.78 is 41.2. The standard InChI is InChI=1S/C19H26F3N3S/c1-3-4-14-7-9-24(12-14)13-25-17-6-5-15(19(20,21)22)11-16(17)23-18(25)8-10-26-2/h5-6,11,14H,3-4,7-10,12-13H2,1-2H3. The van der Waals surface area contributed by atoms with Crippen LogP contribution in [0.25, 0.3) is 11.0 Å². The van der Waals surface area contributed by atoms with E-state index in [0.29, 0.717) is 12.2 Å². The lowest BCUT2D eigenvalue weighted by Crippen LogP contribution is -2.25. The maximum absolute atomic E-state index is 13.0. The summed E-state index contributed by atoms with van der Waals surface area (Å²) in [5.41, 5.74) is 0.614. The average Bonchev–Trinajstić information content (AvgIpc) is 3.17. The van der Waals surface area contributed by atoms with E-state index in [0.717, 1.165) is 42.5 Å². The summed E-state index contributed by atoms with van der Waals surface area (Å²) in [6.45, 7) is 5.04. The van der Waals surface area contributed by atoms with E-state index in [1.807, 2.05) is 6.26 Å². The third-order valence-electron chi connectivity index (χ3n) is 5.09. The van der Waals surface area contributed by atoms with E-state index in [1.54, 1.807) is 17.8 Å². The summed E-state index contributed by atoms with van der Waals surface area (Å²) in [4.78, 5) is 6.95. The largest absolute Gasteiger partial charge is 0.416 e. The molecular formula is C19H26F3N3S. The second-order valence-corrected chi connectivity index (χ2v) is 8.05. The highest BCUT2D eigenvalue weighted by Gasteiger charge is 2.31. The number of hydrogen-bond donors (Lipinski definition) is 0. The van der Waals surface area contributed by atoms with Gasteiger partial charge in [-0.2, -0.15) is 24.9 Å². The van der Waals surface area contributed by atoms with Crippen LogP contribution in [0.1, 0.15) is 37.6 Å². The topological polar surface area (TPSA) is 21.1 Å². The first-order valence-electron chi connectivity index (χ1n) is 9.20. The van der Waals surface area contributed by atoms with Crippen molar-refractivity contribution in [2.45, 2.75) is 45.5 Å². The monoisotopic (exact) mass is 385 g/mol. The van der Waals surface area contributed by atoms with E-state index in [9.17, 15) is 13.2 Å². The fourth-order valence-corrected chi connectivity index (χ4v) is 4.17. The number of alkyl halides is 3. The molecule has 0 spiro atoms. The Morgan fingerprint density at radius 1 is 1.31 bits per heavy atom. The Kier molecular flexibility index (Phi) is 6.17. The fourth-order valence-electron chi connectivity index (χ4n) is 3.78. The summed E-state index contributed by atoms with van der Waals surface area (Å²) in [5, 5.41) is 0. The Morgan fingerprint density at radius 2 is 2.12 bits per heavy atom. The van der Waals surface area contributed by atoms with Crippen LogP contribution in [-0.4, -0.2) is 39.5 Å². The van der Waals surface area contributed by atoms with Crippen LogP contribution in [0.15, 0.2) is 18.2 Å². The number of rotatable bonds is 7. The predicted molar refractivity (Wildman–Crippen MR) is 101 cm³/mol. The van der Waals surface area contributed by atoms with Crippen LogP contribution in [-0.2, 0) is 19.3 Å². The van der Waals surface area contributed by atoms with Gasteiger partial charge in [0.1, 0.15) is 5.82 Å². The molecule has 2 heterocycles. The number of imidazole rings is 1. The number of benzene rings is 1. The lowest BCUT2D eigenvalue weighted by molar-refractivity contribution is -0.137. The number of halogens is 3. The first kappa shape index (κ1) is 19.5. The summed E-state index contributed by atoms with van der Waals surface area (Å²) in [7, 11) is 0. The molecule has 1 fully saturated rings. The van der Waals surface area contributed by atoms with Gasteiger partial charge in [-0.15, -0.1) is 0 Å². The molecule has 0 saturated carbocycles. The van der Waals surface area contributed by atoms with Gasteiger partial charge in [0.15, 0.2) is 0 Å². The lowest BCUT2D eigenvalue weighted by atomic mass is 10.0. The van der Waals surface area contributed by atoms with Gasteiger partial charge in [0, 0.05) is 25.3 Å². The third kappa shape index (κ3) is 4.36. The Morgan fingerprint density at radius 3 is 2.81 bits per heavy atom. The van der Waals surface area contributed by atoms with Gasteiger partial charge >= 0.3 is 6.18 Å². The zero-order valence-corrected chi connectivity index (χ0v) is 16.2. The number of fused-ring (bicyclic) bond motifs is 1. The molecule has 1 saturated heterocycles. The van der Waals surface area contributed by atoms with Crippen molar-refractivity contribution in [1.82, 2.24) is 14.5 Å². The molecule has 0 N–H and O–H groups in total. The van der Waals surface area contributed by atoms with E-state index < -0.39 is 11.7 Å². The molecule has 2 aromatic rings. The zero-order valence-electron chi connectivity index (χ0n) is 15.4. The maximum atomic E-state index is 13.0. The predicted octanol–water partition coefficient (Wildman–Crippen LogP) is 5.04. The van der Waals surface area contributed by atoms with E-state index in [2.05, 4.69) is 21.4 Å². The normalized spacial score (nSPS) is 18.9. The highest BCUT2D eigenvalue weighted by Crippen LogP contribution is 2.32. The number of thioether (sulfide) groups is 1. The smallest absolute Gasteiger partial charge is 0.314 e. The minimum atomic E-state index is -4.33. The summed E-state index contributed by atoms with van der Waals surface area (Å²) in [6, 6.07) is 3.92. The van der Waals surface area contributed by atoms with Gasteiger partial charge in [0.25, 0.3) is 0 Å². The number of aryl methyl sites for hydroxylation is 1. The Labute approximate surface area is 157 Å². The maximum Gasteiger partial charge on any atom is 0.416 e. The minimum Gasteiger partial charge on any atom is -0.314 e. The Bertz CT molecular complexity index is 741. The van der Waals surface area contributed by atoms with Crippen LogP contribution in [0, 0.1) is 5.92 Å². The van der Waals surface area contributed by atoms with Gasteiger partial charge in [-0.25, -0.2) is 4.98 Å². The molecular weight excluding hydrogens is 359 g/mol. The minimum absolute atomic E-state index is 0.445. The van der Waals surface area contributed by atoms with E-state index >= 15 is 0 Å². The summed E-state index contributed by atoms with van der Waals surface area (Å²) in [5.74, 6) is 2.53. The molecule has 3 nitrogen and oxygen atoms in total. The van der Waals surface area contributed by atoms with Gasteiger partial charge in [-0.1, -0.05) is 13.3 Å². The van der Waals surface area contributed by atoms with Crippen molar-refractivity contribution in [1.29, 1.82) is 0 Å². The van der Waals surface area contributed by atoms with Crippen molar-refractivity contribution < 1.29 is 13.2 Å². The van der Waals surface area contributed by atoms with Crippen molar-refractivity contribution in [3.8, 4) is 0 Å². The highest BCUT2D eigenvalue weighted by molar-refractivity contribution is 7.98. The molecule has 1 aliphatic heterocycles. The van der Waals surface area contributed by atoms with E-state index in [1.165, 1.54) is 31.4 Å². The fraction of sp³-hybridized carbons (Fsp3) is 0.632. The van der Waals surface area contributed by atoms with E-state index in [4.69, 9.17) is 0 Å². The third-order valence-corrected chi connectivity index (χ3v) is 5.71. The van der Waals surface area contributed by atoms with Gasteiger partial charge in [-0.05, 0) is 43.2 Å². The Hall–Kier alpha value is -1.21. The average molecular weight is 385 g/mol. The zero-order chi connectivity index (χ0) is 18.7. The molecule has 3 rings (SSSR count). The van der Waals surface area contributed by atoms with E-state index in [-0.39, 0.29) is 0 Å². The molecule has 1 aromatic carbocycles. The quantitative estimate of drug-likeness (QED) is 0.666. The van der Waals surface area contributed by atoms with Crippen molar-refractivity contribution in [2.75, 3.05) is 25.1 Å². The molecule has 0 aliphatic carbocycles. The molecule has 26 heavy (non-hydrogen) atoms. The van der Waals surface area contributed by atoms with Crippen molar-refractivity contribution >= 4 is 22.8 Å². The first-order valence-corrected chi connectivity index (χ1v) is 10.6. The molecule has 1 unspecified atom stereocenters. The molecule has 0 amide bonds. The van der Waals surface area contributed by atoms with Crippen LogP contribution in [0.4, 0.5) is 13.2 Å². The second-order valence-electron chi connectivity index (χ2n) is 7.06. The van der Waals surface area contributed by atoms with Crippen LogP contribution in [0.5, 0.6) is 0 Å². The number of likely N-dealkylation sites (tertiary alicyclic amines) is 1. The molecule has 7 heteroatoms. The molecule has 0 radical (unpaired) electrons. The first-order chi connectivity index (χ1) is 12.4. The highest BCUT2D eigenvalue weighted by atomic mass is 32.2. The van der Waals surface area contributed by atoms with Crippen molar-refractivity contribution in [2.24, 2.45) is 5.92 Å². The van der Waals surface area contributed by atoms with Crippen LogP contribution in [0.2, 0.25) is 0 Å².